The zero-order valence-corrected chi connectivity index (χ0v) is 12.7. The van der Waals surface area contributed by atoms with Gasteiger partial charge in [-0.25, -0.2) is 0 Å². The number of anilines is 1. The topological polar surface area (TPSA) is 97.3 Å². The Morgan fingerprint density at radius 1 is 1.30 bits per heavy atom. The summed E-state index contributed by atoms with van der Waals surface area (Å²) in [6.07, 6.45) is 0. The van der Waals surface area contributed by atoms with Crippen molar-refractivity contribution < 1.29 is 9.21 Å². The Morgan fingerprint density at radius 3 is 2.55 bits per heavy atom. The van der Waals surface area contributed by atoms with Gasteiger partial charge in [0.1, 0.15) is 6.54 Å². The summed E-state index contributed by atoms with van der Waals surface area (Å²) in [4.78, 5) is 12.8. The van der Waals surface area contributed by atoms with E-state index in [-0.39, 0.29) is 6.54 Å². The standard InChI is InChI=1S/C13H25N5O2/c1-9(2)5-15-6-12-16-17-13(20-12)18(7-10(3)4)8-11(14)19/h9-10,15H,5-8H2,1-4H3,(H2,14,19). The molecule has 1 aromatic rings. The minimum atomic E-state index is -0.414. The molecule has 3 N–H and O–H groups in total. The van der Waals surface area contributed by atoms with Crippen molar-refractivity contribution in [2.75, 3.05) is 24.5 Å². The van der Waals surface area contributed by atoms with Crippen LogP contribution in [0.4, 0.5) is 6.01 Å². The van der Waals surface area contributed by atoms with Crippen molar-refractivity contribution in [3.8, 4) is 0 Å². The van der Waals surface area contributed by atoms with Crippen LogP contribution < -0.4 is 16.0 Å². The van der Waals surface area contributed by atoms with E-state index in [1.165, 1.54) is 0 Å². The Bertz CT molecular complexity index is 417. The lowest BCUT2D eigenvalue weighted by molar-refractivity contribution is -0.116. The molecular formula is C13H25N5O2. The monoisotopic (exact) mass is 283 g/mol. The second-order valence-corrected chi connectivity index (χ2v) is 5.74. The van der Waals surface area contributed by atoms with Crippen molar-refractivity contribution in [1.29, 1.82) is 0 Å². The summed E-state index contributed by atoms with van der Waals surface area (Å²) in [6.45, 7) is 10.5. The molecule has 0 atom stereocenters. The summed E-state index contributed by atoms with van der Waals surface area (Å²) in [7, 11) is 0. The molecule has 1 rings (SSSR count). The van der Waals surface area contributed by atoms with Crippen LogP contribution in [-0.4, -0.2) is 35.7 Å². The maximum atomic E-state index is 11.1. The van der Waals surface area contributed by atoms with Gasteiger partial charge in [-0.05, 0) is 18.4 Å². The Labute approximate surface area is 119 Å². The lowest BCUT2D eigenvalue weighted by Gasteiger charge is -2.20. The van der Waals surface area contributed by atoms with Crippen LogP contribution in [0, 0.1) is 11.8 Å². The summed E-state index contributed by atoms with van der Waals surface area (Å²) >= 11 is 0. The summed E-state index contributed by atoms with van der Waals surface area (Å²) in [5.41, 5.74) is 5.24. The number of nitrogens with two attached hydrogens (primary N) is 1. The molecular weight excluding hydrogens is 258 g/mol. The highest BCUT2D eigenvalue weighted by Gasteiger charge is 2.17. The molecule has 20 heavy (non-hydrogen) atoms. The largest absolute Gasteiger partial charge is 0.407 e. The van der Waals surface area contributed by atoms with E-state index in [0.29, 0.717) is 36.8 Å². The molecule has 7 heteroatoms. The summed E-state index contributed by atoms with van der Waals surface area (Å²) in [5, 5.41) is 11.2. The first-order valence-corrected chi connectivity index (χ1v) is 6.94. The number of rotatable bonds is 9. The maximum Gasteiger partial charge on any atom is 0.318 e. The van der Waals surface area contributed by atoms with Gasteiger partial charge in [0.15, 0.2) is 0 Å². The smallest absolute Gasteiger partial charge is 0.318 e. The second-order valence-electron chi connectivity index (χ2n) is 5.74. The van der Waals surface area contributed by atoms with Gasteiger partial charge in [-0.1, -0.05) is 32.8 Å². The van der Waals surface area contributed by atoms with Crippen LogP contribution in [0.5, 0.6) is 0 Å². The fourth-order valence-electron chi connectivity index (χ4n) is 1.75. The quantitative estimate of drug-likeness (QED) is 0.694. The number of amides is 1. The number of aromatic nitrogens is 2. The SMILES string of the molecule is CC(C)CNCc1nnc(N(CC(N)=O)CC(C)C)o1. The number of hydrogen-bond acceptors (Lipinski definition) is 6. The van der Waals surface area contributed by atoms with Crippen molar-refractivity contribution >= 4 is 11.9 Å². The zero-order chi connectivity index (χ0) is 15.1. The predicted molar refractivity (Wildman–Crippen MR) is 77.1 cm³/mol. The Balaban J connectivity index is 2.62. The molecule has 0 unspecified atom stereocenters. The Kier molecular flexibility index (Phi) is 6.44. The first-order valence-electron chi connectivity index (χ1n) is 6.94. The summed E-state index contributed by atoms with van der Waals surface area (Å²) in [6, 6.07) is 0.346. The minimum absolute atomic E-state index is 0.0826. The van der Waals surface area contributed by atoms with Crippen molar-refractivity contribution in [1.82, 2.24) is 15.5 Å². The van der Waals surface area contributed by atoms with Gasteiger partial charge in [0.05, 0.1) is 6.54 Å². The molecule has 0 saturated carbocycles. The van der Waals surface area contributed by atoms with Gasteiger partial charge < -0.3 is 20.4 Å². The fraction of sp³-hybridized carbons (Fsp3) is 0.769. The third-order valence-electron chi connectivity index (χ3n) is 2.49. The third-order valence-corrected chi connectivity index (χ3v) is 2.49. The number of carbonyl (C=O) groups is 1. The van der Waals surface area contributed by atoms with Gasteiger partial charge in [0.25, 0.3) is 0 Å². The predicted octanol–water partition coefficient (Wildman–Crippen LogP) is 0.763. The second kappa shape index (κ2) is 7.84. The van der Waals surface area contributed by atoms with E-state index >= 15 is 0 Å². The van der Waals surface area contributed by atoms with E-state index in [4.69, 9.17) is 10.2 Å². The minimum Gasteiger partial charge on any atom is -0.407 e. The molecule has 1 heterocycles. The maximum absolute atomic E-state index is 11.1. The molecule has 0 saturated heterocycles. The molecule has 1 amide bonds. The first-order chi connectivity index (χ1) is 9.38. The molecule has 0 aliphatic rings. The molecule has 1 aromatic heterocycles. The van der Waals surface area contributed by atoms with Crippen LogP contribution in [0.3, 0.4) is 0 Å². The van der Waals surface area contributed by atoms with Gasteiger partial charge in [-0.2, -0.15) is 0 Å². The average molecular weight is 283 g/mol. The van der Waals surface area contributed by atoms with Gasteiger partial charge in [-0.3, -0.25) is 4.79 Å². The molecule has 0 aliphatic carbocycles. The van der Waals surface area contributed by atoms with E-state index in [1.807, 2.05) is 0 Å². The van der Waals surface area contributed by atoms with Crippen molar-refractivity contribution in [3.63, 3.8) is 0 Å². The number of nitrogens with zero attached hydrogens (tertiary/aromatic N) is 3. The van der Waals surface area contributed by atoms with Crippen LogP contribution in [0.1, 0.15) is 33.6 Å². The van der Waals surface area contributed by atoms with Gasteiger partial charge in [0.2, 0.25) is 11.8 Å². The molecule has 0 aliphatic heterocycles. The van der Waals surface area contributed by atoms with E-state index in [9.17, 15) is 4.79 Å². The highest BCUT2D eigenvalue weighted by atomic mass is 16.4. The number of hydrogen-bond donors (Lipinski definition) is 2. The molecule has 0 aromatic carbocycles. The normalized spacial score (nSPS) is 11.3. The molecule has 0 fully saturated rings. The number of carbonyl (C=O) groups excluding carboxylic acids is 1. The van der Waals surface area contributed by atoms with Crippen LogP contribution in [0.15, 0.2) is 4.42 Å². The van der Waals surface area contributed by atoms with Crippen molar-refractivity contribution in [3.05, 3.63) is 5.89 Å². The van der Waals surface area contributed by atoms with Crippen LogP contribution in [0.2, 0.25) is 0 Å². The first kappa shape index (κ1) is 16.4. The van der Waals surface area contributed by atoms with Crippen LogP contribution in [0.25, 0.3) is 0 Å². The van der Waals surface area contributed by atoms with E-state index in [1.54, 1.807) is 4.90 Å². The lowest BCUT2D eigenvalue weighted by atomic mass is 10.2. The summed E-state index contributed by atoms with van der Waals surface area (Å²) < 4.78 is 5.56. The highest BCUT2D eigenvalue weighted by Crippen LogP contribution is 2.13. The van der Waals surface area contributed by atoms with Gasteiger partial charge >= 0.3 is 6.01 Å². The number of nitrogens with one attached hydrogen (secondary N) is 1. The van der Waals surface area contributed by atoms with E-state index < -0.39 is 5.91 Å². The Morgan fingerprint density at radius 2 is 2.00 bits per heavy atom. The van der Waals surface area contributed by atoms with Crippen LogP contribution >= 0.6 is 0 Å². The zero-order valence-electron chi connectivity index (χ0n) is 12.7. The van der Waals surface area contributed by atoms with Gasteiger partial charge in [-0.15, -0.1) is 5.10 Å². The highest BCUT2D eigenvalue weighted by molar-refractivity contribution is 5.78. The lowest BCUT2D eigenvalue weighted by Crippen LogP contribution is -2.36. The number of primary amides is 1. The van der Waals surface area contributed by atoms with Crippen molar-refractivity contribution in [2.45, 2.75) is 34.2 Å². The van der Waals surface area contributed by atoms with Gasteiger partial charge in [0, 0.05) is 6.54 Å². The molecule has 7 nitrogen and oxygen atoms in total. The van der Waals surface area contributed by atoms with E-state index in [2.05, 4.69) is 43.2 Å². The average Bonchev–Trinajstić information content (AvgIpc) is 2.75. The van der Waals surface area contributed by atoms with Crippen LogP contribution in [-0.2, 0) is 11.3 Å². The third kappa shape index (κ3) is 6.01. The molecule has 0 spiro atoms. The molecule has 114 valence electrons. The molecule has 0 radical (unpaired) electrons. The van der Waals surface area contributed by atoms with E-state index in [0.717, 1.165) is 6.54 Å². The Hall–Kier alpha value is -1.63. The fourth-order valence-corrected chi connectivity index (χ4v) is 1.75. The summed E-state index contributed by atoms with van der Waals surface area (Å²) in [5.74, 6) is 1.02. The van der Waals surface area contributed by atoms with Crippen molar-refractivity contribution in [2.24, 2.45) is 17.6 Å². The molecule has 0 bridgehead atoms.